The SMILES string of the molecule is C#CCSCCNc1cc2[nH]c(=O)oc2cc1N. The van der Waals surface area contributed by atoms with E-state index in [9.17, 15) is 4.79 Å². The molecular formula is C12H13N3O2S. The van der Waals surface area contributed by atoms with Crippen LogP contribution in [0.2, 0.25) is 0 Å². The van der Waals surface area contributed by atoms with E-state index in [0.29, 0.717) is 22.5 Å². The van der Waals surface area contributed by atoms with Gasteiger partial charge in [0.15, 0.2) is 5.58 Å². The maximum Gasteiger partial charge on any atom is 0.417 e. The molecule has 1 heterocycles. The van der Waals surface area contributed by atoms with Crippen LogP contribution in [0, 0.1) is 12.3 Å². The van der Waals surface area contributed by atoms with Crippen molar-refractivity contribution in [2.75, 3.05) is 29.1 Å². The summed E-state index contributed by atoms with van der Waals surface area (Å²) in [7, 11) is 0. The molecule has 5 nitrogen and oxygen atoms in total. The number of H-pyrrole nitrogens is 1. The van der Waals surface area contributed by atoms with Gasteiger partial charge in [-0.2, -0.15) is 0 Å². The average molecular weight is 263 g/mol. The number of aromatic amines is 1. The van der Waals surface area contributed by atoms with Crippen LogP contribution in [0.1, 0.15) is 0 Å². The lowest BCUT2D eigenvalue weighted by atomic mass is 10.2. The molecule has 0 atom stereocenters. The van der Waals surface area contributed by atoms with Gasteiger partial charge in [-0.3, -0.25) is 4.98 Å². The van der Waals surface area contributed by atoms with Crippen LogP contribution < -0.4 is 16.8 Å². The number of fused-ring (bicyclic) bond motifs is 1. The topological polar surface area (TPSA) is 84.0 Å². The van der Waals surface area contributed by atoms with E-state index >= 15 is 0 Å². The number of nitrogens with one attached hydrogen (secondary N) is 2. The largest absolute Gasteiger partial charge is 0.417 e. The van der Waals surface area contributed by atoms with Crippen LogP contribution in [0.4, 0.5) is 11.4 Å². The quantitative estimate of drug-likeness (QED) is 0.432. The van der Waals surface area contributed by atoms with Crippen LogP contribution in [0.5, 0.6) is 0 Å². The van der Waals surface area contributed by atoms with E-state index in [-0.39, 0.29) is 0 Å². The van der Waals surface area contributed by atoms with Gasteiger partial charge in [0.1, 0.15) is 0 Å². The van der Waals surface area contributed by atoms with Crippen molar-refractivity contribution in [3.63, 3.8) is 0 Å². The summed E-state index contributed by atoms with van der Waals surface area (Å²) >= 11 is 1.67. The van der Waals surface area contributed by atoms with Gasteiger partial charge in [-0.05, 0) is 6.07 Å². The molecule has 94 valence electrons. The molecule has 1 aromatic heterocycles. The average Bonchev–Trinajstić information content (AvgIpc) is 2.68. The third-order valence-corrected chi connectivity index (χ3v) is 3.20. The summed E-state index contributed by atoms with van der Waals surface area (Å²) in [5, 5.41) is 3.20. The highest BCUT2D eigenvalue weighted by Gasteiger charge is 2.06. The Labute approximate surface area is 108 Å². The van der Waals surface area contributed by atoms with Gasteiger partial charge < -0.3 is 15.5 Å². The van der Waals surface area contributed by atoms with E-state index < -0.39 is 5.76 Å². The van der Waals surface area contributed by atoms with Crippen LogP contribution in [0.15, 0.2) is 21.3 Å². The Hall–Kier alpha value is -2.00. The molecule has 2 rings (SSSR count). The summed E-state index contributed by atoms with van der Waals surface area (Å²) in [6.45, 7) is 0.754. The minimum atomic E-state index is -0.480. The molecule has 1 aromatic carbocycles. The normalized spacial score (nSPS) is 10.4. The number of thioether (sulfide) groups is 1. The summed E-state index contributed by atoms with van der Waals surface area (Å²) in [5.74, 6) is 3.67. The second kappa shape index (κ2) is 5.56. The molecule has 0 saturated carbocycles. The molecule has 0 aliphatic heterocycles. The standard InChI is InChI=1S/C12H13N3O2S/c1-2-4-18-5-3-14-9-7-10-11(6-8(9)13)17-12(16)15-10/h1,6-7,14H,3-5,13H2,(H,15,16). The predicted octanol–water partition coefficient (Wildman–Crippen LogP) is 1.48. The number of nitrogen functional groups attached to an aromatic ring is 1. The fourth-order valence-electron chi connectivity index (χ4n) is 1.56. The number of rotatable bonds is 5. The molecule has 0 aliphatic rings. The number of aromatic nitrogens is 1. The van der Waals surface area contributed by atoms with Gasteiger partial charge in [-0.15, -0.1) is 18.2 Å². The zero-order valence-corrected chi connectivity index (χ0v) is 10.5. The molecule has 6 heteroatoms. The number of nitrogens with two attached hydrogens (primary N) is 1. The highest BCUT2D eigenvalue weighted by Crippen LogP contribution is 2.24. The van der Waals surface area contributed by atoms with Crippen molar-refractivity contribution in [3.05, 3.63) is 22.7 Å². The number of hydrogen-bond donors (Lipinski definition) is 3. The molecule has 2 aromatic rings. The first-order valence-electron chi connectivity index (χ1n) is 5.38. The van der Waals surface area contributed by atoms with Gasteiger partial charge in [0.05, 0.1) is 22.6 Å². The van der Waals surface area contributed by atoms with E-state index in [1.807, 2.05) is 0 Å². The smallest absolute Gasteiger partial charge is 0.408 e. The highest BCUT2D eigenvalue weighted by atomic mass is 32.2. The summed E-state index contributed by atoms with van der Waals surface area (Å²) < 4.78 is 4.92. The zero-order chi connectivity index (χ0) is 13.0. The number of anilines is 2. The van der Waals surface area contributed by atoms with E-state index in [1.165, 1.54) is 0 Å². The maximum absolute atomic E-state index is 11.0. The van der Waals surface area contributed by atoms with E-state index in [2.05, 4.69) is 16.2 Å². The fourth-order valence-corrected chi connectivity index (χ4v) is 2.06. The van der Waals surface area contributed by atoms with Crippen molar-refractivity contribution in [2.24, 2.45) is 0 Å². The first-order valence-corrected chi connectivity index (χ1v) is 6.53. The molecule has 0 aliphatic carbocycles. The predicted molar refractivity (Wildman–Crippen MR) is 75.9 cm³/mol. The Kier molecular flexibility index (Phi) is 3.85. The number of hydrogen-bond acceptors (Lipinski definition) is 5. The molecule has 0 amide bonds. The van der Waals surface area contributed by atoms with E-state index in [1.54, 1.807) is 23.9 Å². The fraction of sp³-hybridized carbons (Fsp3) is 0.250. The highest BCUT2D eigenvalue weighted by molar-refractivity contribution is 7.99. The monoisotopic (exact) mass is 263 g/mol. The summed E-state index contributed by atoms with van der Waals surface area (Å²) in [6, 6.07) is 3.39. The Morgan fingerprint density at radius 1 is 1.56 bits per heavy atom. The molecule has 0 unspecified atom stereocenters. The molecule has 0 radical (unpaired) electrons. The summed E-state index contributed by atoms with van der Waals surface area (Å²) in [5.41, 5.74) is 8.28. The third-order valence-electron chi connectivity index (χ3n) is 2.34. The number of terminal acetylenes is 1. The Bertz CT molecular complexity index is 639. The molecule has 0 saturated heterocycles. The van der Waals surface area contributed by atoms with Gasteiger partial charge in [0, 0.05) is 18.4 Å². The Morgan fingerprint density at radius 2 is 2.39 bits per heavy atom. The second-order valence-corrected chi connectivity index (χ2v) is 4.74. The molecule has 0 fully saturated rings. The van der Waals surface area contributed by atoms with Crippen LogP contribution in [0.25, 0.3) is 11.1 Å². The summed E-state index contributed by atoms with van der Waals surface area (Å²) in [4.78, 5) is 13.6. The van der Waals surface area contributed by atoms with Gasteiger partial charge in [0.25, 0.3) is 0 Å². The van der Waals surface area contributed by atoms with Crippen molar-refractivity contribution in [3.8, 4) is 12.3 Å². The maximum atomic E-state index is 11.0. The molecule has 0 spiro atoms. The van der Waals surface area contributed by atoms with Gasteiger partial charge in [-0.25, -0.2) is 4.79 Å². The summed E-state index contributed by atoms with van der Waals surface area (Å²) in [6.07, 6.45) is 5.16. The molecule has 4 N–H and O–H groups in total. The lowest BCUT2D eigenvalue weighted by Crippen LogP contribution is -2.06. The minimum Gasteiger partial charge on any atom is -0.408 e. The molecular weight excluding hydrogens is 250 g/mol. The van der Waals surface area contributed by atoms with Crippen LogP contribution in [-0.4, -0.2) is 23.0 Å². The molecule has 18 heavy (non-hydrogen) atoms. The lowest BCUT2D eigenvalue weighted by molar-refractivity contribution is 0.555. The van der Waals surface area contributed by atoms with E-state index in [4.69, 9.17) is 16.6 Å². The van der Waals surface area contributed by atoms with Crippen LogP contribution in [-0.2, 0) is 0 Å². The zero-order valence-electron chi connectivity index (χ0n) is 9.66. The van der Waals surface area contributed by atoms with Crippen molar-refractivity contribution in [1.29, 1.82) is 0 Å². The van der Waals surface area contributed by atoms with Crippen molar-refractivity contribution >= 4 is 34.2 Å². The Balaban J connectivity index is 2.06. The van der Waals surface area contributed by atoms with Crippen LogP contribution in [0.3, 0.4) is 0 Å². The second-order valence-electron chi connectivity index (χ2n) is 3.63. The van der Waals surface area contributed by atoms with Crippen molar-refractivity contribution in [1.82, 2.24) is 4.98 Å². The van der Waals surface area contributed by atoms with Gasteiger partial charge >= 0.3 is 5.76 Å². The number of benzene rings is 1. The number of oxazole rings is 1. The van der Waals surface area contributed by atoms with Crippen molar-refractivity contribution in [2.45, 2.75) is 0 Å². The van der Waals surface area contributed by atoms with Gasteiger partial charge in [0.2, 0.25) is 0 Å². The third kappa shape index (κ3) is 2.81. The first-order chi connectivity index (χ1) is 8.70. The van der Waals surface area contributed by atoms with Gasteiger partial charge in [-0.1, -0.05) is 5.92 Å². The van der Waals surface area contributed by atoms with E-state index in [0.717, 1.165) is 18.0 Å². The first kappa shape index (κ1) is 12.5. The van der Waals surface area contributed by atoms with Crippen molar-refractivity contribution < 1.29 is 4.42 Å². The van der Waals surface area contributed by atoms with Crippen LogP contribution >= 0.6 is 11.8 Å². The lowest BCUT2D eigenvalue weighted by Gasteiger charge is -2.08. The Morgan fingerprint density at radius 3 is 3.17 bits per heavy atom. The minimum absolute atomic E-state index is 0.463. The molecule has 0 bridgehead atoms.